The highest BCUT2D eigenvalue weighted by atomic mass is 19.1. The first kappa shape index (κ1) is 13.4. The number of carboxylic acids is 1. The van der Waals surface area contributed by atoms with Crippen LogP contribution in [0.25, 0.3) is 0 Å². The van der Waals surface area contributed by atoms with Crippen molar-refractivity contribution in [3.05, 3.63) is 0 Å². The molecule has 94 valence electrons. The maximum absolute atomic E-state index is 12.7. The number of rotatable bonds is 8. The first-order chi connectivity index (χ1) is 7.68. The molecule has 0 aromatic carbocycles. The molecule has 0 amide bonds. The van der Waals surface area contributed by atoms with Gasteiger partial charge in [0.2, 0.25) is 0 Å². The Kier molecular flexibility index (Phi) is 6.33. The number of carbonyl (C=O) groups is 1. The molecule has 0 saturated carbocycles. The fourth-order valence-electron chi connectivity index (χ4n) is 1.77. The first-order valence-electron chi connectivity index (χ1n) is 5.83. The van der Waals surface area contributed by atoms with Gasteiger partial charge in [0.15, 0.2) is 0 Å². The van der Waals surface area contributed by atoms with Crippen LogP contribution in [0.4, 0.5) is 4.39 Å². The van der Waals surface area contributed by atoms with E-state index in [0.717, 1.165) is 12.8 Å². The molecule has 0 unspecified atom stereocenters. The van der Waals surface area contributed by atoms with Crippen LogP contribution in [-0.4, -0.2) is 37.9 Å². The number of halogens is 1. The second-order valence-corrected chi connectivity index (χ2v) is 4.20. The molecule has 1 heterocycles. The maximum atomic E-state index is 12.7. The largest absolute Gasteiger partial charge is 0.550 e. The van der Waals surface area contributed by atoms with Crippen LogP contribution in [0.1, 0.15) is 32.1 Å². The van der Waals surface area contributed by atoms with Crippen LogP contribution in [0.2, 0.25) is 0 Å². The number of unbranched alkanes of at least 4 members (excludes halogenated alkanes) is 2. The van der Waals surface area contributed by atoms with Gasteiger partial charge in [-0.05, 0) is 25.7 Å². The van der Waals surface area contributed by atoms with Gasteiger partial charge in [0.25, 0.3) is 0 Å². The van der Waals surface area contributed by atoms with E-state index in [2.05, 4.69) is 5.32 Å². The monoisotopic (exact) mass is 232 g/mol. The second kappa shape index (κ2) is 7.57. The fourth-order valence-corrected chi connectivity index (χ4v) is 1.77. The summed E-state index contributed by atoms with van der Waals surface area (Å²) in [4.78, 5) is 10.1. The lowest BCUT2D eigenvalue weighted by Crippen LogP contribution is -2.26. The minimum atomic E-state index is -0.995. The van der Waals surface area contributed by atoms with Crippen LogP contribution in [0, 0.1) is 0 Å². The molecular weight excluding hydrogens is 213 g/mol. The first-order valence-corrected chi connectivity index (χ1v) is 5.83. The molecule has 1 aliphatic heterocycles. The topological polar surface area (TPSA) is 61.4 Å². The standard InChI is InChI=1S/C11H20FNO3/c12-9-6-10(13-7-9)8-16-5-3-1-2-4-11(14)15/h9-10,13H,1-8H2,(H,14,15)/p-1/t9-,10-/m0/s1. The van der Waals surface area contributed by atoms with Gasteiger partial charge in [0, 0.05) is 25.2 Å². The van der Waals surface area contributed by atoms with Crippen molar-refractivity contribution < 1.29 is 19.0 Å². The molecule has 0 bridgehead atoms. The average molecular weight is 232 g/mol. The van der Waals surface area contributed by atoms with Crippen molar-refractivity contribution in [3.63, 3.8) is 0 Å². The van der Waals surface area contributed by atoms with Gasteiger partial charge in [0.05, 0.1) is 6.61 Å². The van der Waals surface area contributed by atoms with Gasteiger partial charge in [-0.2, -0.15) is 0 Å². The van der Waals surface area contributed by atoms with Crippen LogP contribution in [0.15, 0.2) is 0 Å². The lowest BCUT2D eigenvalue weighted by atomic mass is 10.2. The van der Waals surface area contributed by atoms with Crippen molar-refractivity contribution in [2.45, 2.75) is 44.3 Å². The minimum absolute atomic E-state index is 0.119. The molecule has 0 aromatic rings. The number of carboxylic acid groups (broad SMARTS) is 1. The van der Waals surface area contributed by atoms with Crippen molar-refractivity contribution in [1.82, 2.24) is 5.32 Å². The number of nitrogens with one attached hydrogen (secondary N) is 1. The normalized spacial score (nSPS) is 24.8. The van der Waals surface area contributed by atoms with Crippen LogP contribution < -0.4 is 10.4 Å². The highest BCUT2D eigenvalue weighted by Crippen LogP contribution is 2.10. The zero-order chi connectivity index (χ0) is 11.8. The van der Waals surface area contributed by atoms with E-state index in [0.29, 0.717) is 32.6 Å². The summed E-state index contributed by atoms with van der Waals surface area (Å²) in [6, 6.07) is 0.137. The molecule has 5 heteroatoms. The Labute approximate surface area is 95.2 Å². The van der Waals surface area contributed by atoms with E-state index in [9.17, 15) is 14.3 Å². The Morgan fingerprint density at radius 2 is 2.25 bits per heavy atom. The summed E-state index contributed by atoms with van der Waals surface area (Å²) in [5.74, 6) is -0.995. The van der Waals surface area contributed by atoms with Crippen LogP contribution in [-0.2, 0) is 9.53 Å². The van der Waals surface area contributed by atoms with Gasteiger partial charge in [0.1, 0.15) is 6.17 Å². The third kappa shape index (κ3) is 6.02. The number of hydrogen-bond acceptors (Lipinski definition) is 4. The molecule has 0 aromatic heterocycles. The Bertz CT molecular complexity index is 213. The number of hydrogen-bond donors (Lipinski definition) is 1. The Hall–Kier alpha value is -0.680. The van der Waals surface area contributed by atoms with Gasteiger partial charge in [-0.3, -0.25) is 0 Å². The number of aliphatic carboxylic acids is 1. The molecule has 0 aliphatic carbocycles. The van der Waals surface area contributed by atoms with E-state index in [4.69, 9.17) is 4.74 Å². The summed E-state index contributed by atoms with van der Waals surface area (Å²) < 4.78 is 18.1. The maximum Gasteiger partial charge on any atom is 0.114 e. The third-order valence-corrected chi connectivity index (χ3v) is 2.66. The van der Waals surface area contributed by atoms with E-state index in [-0.39, 0.29) is 12.5 Å². The summed E-state index contributed by atoms with van der Waals surface area (Å²) in [5.41, 5.74) is 0. The van der Waals surface area contributed by atoms with E-state index in [1.807, 2.05) is 0 Å². The van der Waals surface area contributed by atoms with Crippen molar-refractivity contribution in [2.24, 2.45) is 0 Å². The van der Waals surface area contributed by atoms with E-state index < -0.39 is 12.1 Å². The van der Waals surface area contributed by atoms with Gasteiger partial charge in [-0.15, -0.1) is 0 Å². The second-order valence-electron chi connectivity index (χ2n) is 4.20. The predicted octanol–water partition coefficient (Wildman–Crippen LogP) is 0.0133. The zero-order valence-corrected chi connectivity index (χ0v) is 9.41. The SMILES string of the molecule is O=C([O-])CCCCCOC[C@@H]1C[C@H](F)CN1. The summed E-state index contributed by atoms with van der Waals surface area (Å²) in [7, 11) is 0. The van der Waals surface area contributed by atoms with E-state index in [1.54, 1.807) is 0 Å². The van der Waals surface area contributed by atoms with Crippen LogP contribution in [0.5, 0.6) is 0 Å². The number of carbonyl (C=O) groups excluding carboxylic acids is 1. The fraction of sp³-hybridized carbons (Fsp3) is 0.909. The predicted molar refractivity (Wildman–Crippen MR) is 55.6 cm³/mol. The average Bonchev–Trinajstić information content (AvgIpc) is 2.62. The molecule has 0 radical (unpaired) electrons. The summed E-state index contributed by atoms with van der Waals surface area (Å²) in [6.07, 6.45) is 2.23. The molecule has 0 spiro atoms. The highest BCUT2D eigenvalue weighted by Gasteiger charge is 2.22. The van der Waals surface area contributed by atoms with E-state index in [1.165, 1.54) is 0 Å². The third-order valence-electron chi connectivity index (χ3n) is 2.66. The quantitative estimate of drug-likeness (QED) is 0.599. The van der Waals surface area contributed by atoms with Gasteiger partial charge < -0.3 is 20.0 Å². The van der Waals surface area contributed by atoms with Gasteiger partial charge in [-0.25, -0.2) is 4.39 Å². The summed E-state index contributed by atoms with van der Waals surface area (Å²) >= 11 is 0. The molecule has 1 aliphatic rings. The lowest BCUT2D eigenvalue weighted by Gasteiger charge is -2.10. The number of ether oxygens (including phenoxy) is 1. The van der Waals surface area contributed by atoms with Gasteiger partial charge in [-0.1, -0.05) is 6.42 Å². The van der Waals surface area contributed by atoms with Crippen molar-refractivity contribution in [3.8, 4) is 0 Å². The van der Waals surface area contributed by atoms with Crippen LogP contribution >= 0.6 is 0 Å². The highest BCUT2D eigenvalue weighted by molar-refractivity contribution is 5.63. The Morgan fingerprint density at radius 3 is 2.88 bits per heavy atom. The zero-order valence-electron chi connectivity index (χ0n) is 9.41. The van der Waals surface area contributed by atoms with Gasteiger partial charge >= 0.3 is 0 Å². The minimum Gasteiger partial charge on any atom is -0.550 e. The number of alkyl halides is 1. The molecule has 2 atom stereocenters. The van der Waals surface area contributed by atoms with E-state index >= 15 is 0 Å². The molecular formula is C11H19FNO3-. The Morgan fingerprint density at radius 1 is 1.44 bits per heavy atom. The summed E-state index contributed by atoms with van der Waals surface area (Å²) in [6.45, 7) is 1.59. The smallest absolute Gasteiger partial charge is 0.114 e. The Balaban J connectivity index is 1.83. The molecule has 16 heavy (non-hydrogen) atoms. The van der Waals surface area contributed by atoms with Crippen molar-refractivity contribution >= 4 is 5.97 Å². The molecule has 1 rings (SSSR count). The molecule has 1 N–H and O–H groups in total. The summed E-state index contributed by atoms with van der Waals surface area (Å²) in [5, 5.41) is 13.1. The lowest BCUT2D eigenvalue weighted by molar-refractivity contribution is -0.305. The van der Waals surface area contributed by atoms with Crippen molar-refractivity contribution in [1.29, 1.82) is 0 Å². The molecule has 4 nitrogen and oxygen atoms in total. The molecule has 1 fully saturated rings. The molecule has 1 saturated heterocycles. The van der Waals surface area contributed by atoms with Crippen molar-refractivity contribution in [2.75, 3.05) is 19.8 Å². The van der Waals surface area contributed by atoms with Crippen LogP contribution in [0.3, 0.4) is 0 Å².